The average Bonchev–Trinajstić information content (AvgIpc) is 3.62. The van der Waals surface area contributed by atoms with Gasteiger partial charge in [-0.05, 0) is 137 Å². The number of rotatable bonds is 6. The fourth-order valence-corrected chi connectivity index (χ4v) is 11.0. The van der Waals surface area contributed by atoms with Crippen molar-refractivity contribution in [2.24, 2.45) is 65.1 Å². The molecule has 9 unspecified atom stereocenters. The Morgan fingerprint density at radius 1 is 0.833 bits per heavy atom. The minimum atomic E-state index is -0.362. The van der Waals surface area contributed by atoms with Crippen LogP contribution in [0.1, 0.15) is 97.8 Å². The summed E-state index contributed by atoms with van der Waals surface area (Å²) in [7, 11) is 1.41. The zero-order valence-corrected chi connectivity index (χ0v) is 23.0. The molecule has 9 atom stereocenters. The third kappa shape index (κ3) is 4.33. The van der Waals surface area contributed by atoms with Crippen LogP contribution in [0.15, 0.2) is 0 Å². The molecule has 8 aliphatic carbocycles. The Hall–Kier alpha value is -1.10. The lowest BCUT2D eigenvalue weighted by Crippen LogP contribution is -2.53. The molecule has 202 valence electrons. The lowest BCUT2D eigenvalue weighted by molar-refractivity contribution is -0.247. The minimum Gasteiger partial charge on any atom is -0.469 e. The van der Waals surface area contributed by atoms with Crippen molar-refractivity contribution in [1.82, 2.24) is 0 Å². The first-order chi connectivity index (χ1) is 17.3. The van der Waals surface area contributed by atoms with Gasteiger partial charge in [0, 0.05) is 0 Å². The van der Waals surface area contributed by atoms with E-state index < -0.39 is 0 Å². The summed E-state index contributed by atoms with van der Waals surface area (Å²) in [4.78, 5) is 23.6. The van der Waals surface area contributed by atoms with Crippen LogP contribution in [0.4, 0.5) is 0 Å². The van der Waals surface area contributed by atoms with Gasteiger partial charge in [0.25, 0.3) is 0 Å². The van der Waals surface area contributed by atoms with E-state index in [1.54, 1.807) is 0 Å². The standard InChI is InChI=1S/C25H36O3.C6H12O2/c1-13(28-25-10-14-4-15(11-25)6-16(5-14)12-25)27-24(26)21-9-19-8-20(21)23-18-3-2-17(7-18)22(19)23;1-4-5(2)6(7)8-3/h13-23H,2-12H2,1H3;5H,4H2,1-3H3. The van der Waals surface area contributed by atoms with Crippen molar-refractivity contribution in [2.45, 2.75) is 110 Å². The van der Waals surface area contributed by atoms with E-state index in [2.05, 4.69) is 4.74 Å². The van der Waals surface area contributed by atoms with Crippen molar-refractivity contribution >= 4 is 11.9 Å². The molecule has 36 heavy (non-hydrogen) atoms. The molecule has 8 fully saturated rings. The van der Waals surface area contributed by atoms with Gasteiger partial charge in [-0.3, -0.25) is 9.59 Å². The van der Waals surface area contributed by atoms with Gasteiger partial charge in [-0.1, -0.05) is 13.8 Å². The lowest BCUT2D eigenvalue weighted by Gasteiger charge is -2.56. The van der Waals surface area contributed by atoms with Crippen molar-refractivity contribution in [3.8, 4) is 0 Å². The Morgan fingerprint density at radius 3 is 2.00 bits per heavy atom. The summed E-state index contributed by atoms with van der Waals surface area (Å²) in [5.74, 6) is 8.00. The van der Waals surface area contributed by atoms with Crippen LogP contribution < -0.4 is 0 Å². The third-order valence-corrected chi connectivity index (χ3v) is 11.9. The van der Waals surface area contributed by atoms with Crippen LogP contribution in [0.2, 0.25) is 0 Å². The number of methoxy groups -OCH3 is 1. The summed E-state index contributed by atoms with van der Waals surface area (Å²) in [6.07, 6.45) is 15.2. The molecule has 0 heterocycles. The van der Waals surface area contributed by atoms with E-state index in [1.165, 1.54) is 71.3 Å². The first kappa shape index (κ1) is 25.2. The molecule has 8 saturated carbocycles. The molecule has 5 heteroatoms. The minimum absolute atomic E-state index is 0.0266. The highest BCUT2D eigenvalue weighted by atomic mass is 16.7. The molecule has 0 aliphatic heterocycles. The number of esters is 2. The third-order valence-electron chi connectivity index (χ3n) is 11.9. The number of fused-ring (bicyclic) bond motifs is 9. The molecule has 5 nitrogen and oxygen atoms in total. The normalized spacial score (nSPS) is 48.2. The zero-order chi connectivity index (χ0) is 25.2. The van der Waals surface area contributed by atoms with Crippen molar-refractivity contribution < 1.29 is 23.8 Å². The predicted molar refractivity (Wildman–Crippen MR) is 137 cm³/mol. The van der Waals surface area contributed by atoms with Crippen LogP contribution in [0, 0.1) is 65.1 Å². The first-order valence-corrected chi connectivity index (χ1v) is 15.2. The molecule has 0 saturated heterocycles. The van der Waals surface area contributed by atoms with Crippen LogP contribution in [0.3, 0.4) is 0 Å². The van der Waals surface area contributed by atoms with Crippen LogP contribution in [0.5, 0.6) is 0 Å². The molecule has 0 radical (unpaired) electrons. The van der Waals surface area contributed by atoms with Crippen molar-refractivity contribution in [2.75, 3.05) is 7.11 Å². The lowest BCUT2D eigenvalue weighted by atomic mass is 9.54. The Bertz CT molecular complexity index is 817. The van der Waals surface area contributed by atoms with Crippen LogP contribution >= 0.6 is 0 Å². The van der Waals surface area contributed by atoms with E-state index >= 15 is 0 Å². The van der Waals surface area contributed by atoms with Crippen LogP contribution in [-0.2, 0) is 23.8 Å². The van der Waals surface area contributed by atoms with Crippen LogP contribution in [0.25, 0.3) is 0 Å². The van der Waals surface area contributed by atoms with Crippen molar-refractivity contribution in [1.29, 1.82) is 0 Å². The van der Waals surface area contributed by atoms with E-state index in [-0.39, 0.29) is 35.7 Å². The summed E-state index contributed by atoms with van der Waals surface area (Å²) in [6, 6.07) is 0. The molecule has 0 spiro atoms. The van der Waals surface area contributed by atoms with Gasteiger partial charge in [-0.2, -0.15) is 0 Å². The molecular formula is C31H48O5. The van der Waals surface area contributed by atoms with Gasteiger partial charge in [0.05, 0.1) is 24.5 Å². The van der Waals surface area contributed by atoms with Gasteiger partial charge in [0.15, 0.2) is 0 Å². The number of carbonyl (C=O) groups excluding carboxylic acids is 2. The Labute approximate surface area is 217 Å². The topological polar surface area (TPSA) is 61.8 Å². The average molecular weight is 501 g/mol. The molecule has 8 bridgehead atoms. The second-order valence-electron chi connectivity index (χ2n) is 14.0. The second kappa shape index (κ2) is 9.58. The van der Waals surface area contributed by atoms with Gasteiger partial charge in [-0.15, -0.1) is 0 Å². The van der Waals surface area contributed by atoms with E-state index in [0.717, 1.165) is 60.2 Å². The Kier molecular flexibility index (Phi) is 6.70. The molecular weight excluding hydrogens is 452 g/mol. The number of hydrogen-bond donors (Lipinski definition) is 0. The van der Waals surface area contributed by atoms with Gasteiger partial charge in [0.1, 0.15) is 0 Å². The maximum absolute atomic E-state index is 13.1. The Balaban J connectivity index is 0.000000264. The fraction of sp³-hybridized carbons (Fsp3) is 0.935. The second-order valence-corrected chi connectivity index (χ2v) is 14.0. The van der Waals surface area contributed by atoms with Crippen molar-refractivity contribution in [3.05, 3.63) is 0 Å². The molecule has 0 aromatic heterocycles. The van der Waals surface area contributed by atoms with E-state index in [1.807, 2.05) is 20.8 Å². The largest absolute Gasteiger partial charge is 0.469 e. The summed E-state index contributed by atoms with van der Waals surface area (Å²) in [5.41, 5.74) is 0.0266. The maximum atomic E-state index is 13.1. The molecule has 0 aromatic carbocycles. The van der Waals surface area contributed by atoms with Crippen molar-refractivity contribution in [3.63, 3.8) is 0 Å². The first-order valence-electron chi connectivity index (χ1n) is 15.2. The molecule has 0 amide bonds. The van der Waals surface area contributed by atoms with E-state index in [0.29, 0.717) is 5.92 Å². The van der Waals surface area contributed by atoms with Gasteiger partial charge >= 0.3 is 11.9 Å². The monoisotopic (exact) mass is 500 g/mol. The van der Waals surface area contributed by atoms with Gasteiger partial charge < -0.3 is 14.2 Å². The number of hydrogen-bond acceptors (Lipinski definition) is 5. The van der Waals surface area contributed by atoms with E-state index in [9.17, 15) is 9.59 Å². The molecule has 0 aromatic rings. The van der Waals surface area contributed by atoms with Gasteiger partial charge in [-0.25, -0.2) is 0 Å². The summed E-state index contributed by atoms with van der Waals surface area (Å²) < 4.78 is 17.0. The quantitative estimate of drug-likeness (QED) is 0.240. The predicted octanol–water partition coefficient (Wildman–Crippen LogP) is 6.38. The zero-order valence-electron chi connectivity index (χ0n) is 23.0. The smallest absolute Gasteiger partial charge is 0.311 e. The highest BCUT2D eigenvalue weighted by molar-refractivity contribution is 5.73. The SMILES string of the molecule is CC(OC(=O)C1CC2CC1C1C3CCC(C3)C21)OC12CC3CC(CC(C3)C1)C2.CCC(C)C(=O)OC. The highest BCUT2D eigenvalue weighted by Crippen LogP contribution is 2.69. The molecule has 0 N–H and O–H groups in total. The maximum Gasteiger partial charge on any atom is 0.311 e. The summed E-state index contributed by atoms with van der Waals surface area (Å²) in [5, 5.41) is 0. The van der Waals surface area contributed by atoms with Crippen LogP contribution in [-0.4, -0.2) is 30.9 Å². The molecule has 8 rings (SSSR count). The summed E-state index contributed by atoms with van der Waals surface area (Å²) in [6.45, 7) is 5.80. The van der Waals surface area contributed by atoms with E-state index in [4.69, 9.17) is 9.47 Å². The Morgan fingerprint density at radius 2 is 1.44 bits per heavy atom. The number of carbonyl (C=O) groups is 2. The molecule has 8 aliphatic rings. The summed E-state index contributed by atoms with van der Waals surface area (Å²) >= 11 is 0. The van der Waals surface area contributed by atoms with Gasteiger partial charge in [0.2, 0.25) is 6.29 Å². The fourth-order valence-electron chi connectivity index (χ4n) is 11.0. The highest BCUT2D eigenvalue weighted by Gasteiger charge is 2.63. The number of ether oxygens (including phenoxy) is 3.